The highest BCUT2D eigenvalue weighted by Crippen LogP contribution is 2.24. The number of hydrogen-bond acceptors (Lipinski definition) is 3. The number of aliphatic hydroxyl groups excluding tert-OH is 1. The van der Waals surface area contributed by atoms with Crippen LogP contribution in [0.1, 0.15) is 12.5 Å². The van der Waals surface area contributed by atoms with E-state index >= 15 is 0 Å². The molecular formula is C19H20FN3O. The molecular weight excluding hydrogens is 305 g/mol. The molecule has 0 saturated carbocycles. The zero-order valence-corrected chi connectivity index (χ0v) is 13.5. The Kier molecular flexibility index (Phi) is 5.03. The average molecular weight is 325 g/mol. The van der Waals surface area contributed by atoms with E-state index in [1.165, 1.54) is 12.1 Å². The van der Waals surface area contributed by atoms with Gasteiger partial charge in [-0.15, -0.1) is 0 Å². The van der Waals surface area contributed by atoms with E-state index in [0.29, 0.717) is 6.54 Å². The van der Waals surface area contributed by atoms with Gasteiger partial charge in [-0.3, -0.25) is 0 Å². The Labute approximate surface area is 140 Å². The predicted octanol–water partition coefficient (Wildman–Crippen LogP) is 3.15. The van der Waals surface area contributed by atoms with Crippen molar-refractivity contribution in [3.63, 3.8) is 0 Å². The van der Waals surface area contributed by atoms with Crippen molar-refractivity contribution in [1.82, 2.24) is 15.1 Å². The van der Waals surface area contributed by atoms with E-state index < -0.39 is 0 Å². The van der Waals surface area contributed by atoms with Gasteiger partial charge >= 0.3 is 0 Å². The van der Waals surface area contributed by atoms with E-state index in [4.69, 9.17) is 0 Å². The molecule has 0 spiro atoms. The Balaban J connectivity index is 1.98. The van der Waals surface area contributed by atoms with Crippen molar-refractivity contribution in [3.8, 4) is 16.9 Å². The summed E-state index contributed by atoms with van der Waals surface area (Å²) >= 11 is 0. The highest BCUT2D eigenvalue weighted by molar-refractivity contribution is 5.63. The molecule has 5 heteroatoms. The molecule has 0 aliphatic carbocycles. The van der Waals surface area contributed by atoms with Gasteiger partial charge in [-0.25, -0.2) is 9.07 Å². The Morgan fingerprint density at radius 1 is 1.12 bits per heavy atom. The molecule has 0 amide bonds. The summed E-state index contributed by atoms with van der Waals surface area (Å²) in [6, 6.07) is 16.2. The van der Waals surface area contributed by atoms with Gasteiger partial charge in [0.2, 0.25) is 0 Å². The van der Waals surface area contributed by atoms with Gasteiger partial charge in [0.25, 0.3) is 0 Å². The molecule has 124 valence electrons. The molecule has 1 atom stereocenters. The fraction of sp³-hybridized carbons (Fsp3) is 0.211. The van der Waals surface area contributed by atoms with E-state index in [1.54, 1.807) is 12.1 Å². The first-order valence-corrected chi connectivity index (χ1v) is 7.91. The lowest BCUT2D eigenvalue weighted by atomic mass is 10.1. The molecule has 2 aromatic carbocycles. The summed E-state index contributed by atoms with van der Waals surface area (Å²) in [6.07, 6.45) is 1.96. The van der Waals surface area contributed by atoms with E-state index in [9.17, 15) is 9.50 Å². The van der Waals surface area contributed by atoms with Crippen LogP contribution in [-0.2, 0) is 6.54 Å². The van der Waals surface area contributed by atoms with Crippen LogP contribution in [0.2, 0.25) is 0 Å². The van der Waals surface area contributed by atoms with Crippen LogP contribution >= 0.6 is 0 Å². The van der Waals surface area contributed by atoms with Crippen LogP contribution < -0.4 is 5.32 Å². The lowest BCUT2D eigenvalue weighted by Crippen LogP contribution is -2.28. The molecule has 0 aliphatic rings. The number of nitrogens with zero attached hydrogens (tertiary/aromatic N) is 2. The summed E-state index contributed by atoms with van der Waals surface area (Å²) in [5.74, 6) is -0.269. The Hall–Kier alpha value is -2.50. The Bertz CT molecular complexity index is 784. The predicted molar refractivity (Wildman–Crippen MR) is 92.3 cm³/mol. The van der Waals surface area contributed by atoms with Crippen LogP contribution in [0.5, 0.6) is 0 Å². The molecule has 1 aromatic heterocycles. The standard InChI is InChI=1S/C19H20FN3O/c1-14(13-24)21-11-16-12-23(18-5-3-2-4-6-18)22-19(16)15-7-9-17(20)10-8-15/h2-10,12,14,21,24H,11,13H2,1H3. The third-order valence-corrected chi connectivity index (χ3v) is 3.84. The van der Waals surface area contributed by atoms with Gasteiger partial charge in [0, 0.05) is 29.9 Å². The molecule has 0 aliphatic heterocycles. The number of hydrogen-bond donors (Lipinski definition) is 2. The van der Waals surface area contributed by atoms with E-state index in [-0.39, 0.29) is 18.5 Å². The highest BCUT2D eigenvalue weighted by atomic mass is 19.1. The molecule has 0 saturated heterocycles. The number of halogens is 1. The third kappa shape index (κ3) is 3.69. The second-order valence-electron chi connectivity index (χ2n) is 5.75. The Morgan fingerprint density at radius 3 is 2.50 bits per heavy atom. The van der Waals surface area contributed by atoms with Crippen LogP contribution in [0.3, 0.4) is 0 Å². The molecule has 24 heavy (non-hydrogen) atoms. The molecule has 3 rings (SSSR count). The fourth-order valence-electron chi connectivity index (χ4n) is 2.45. The lowest BCUT2D eigenvalue weighted by molar-refractivity contribution is 0.251. The first-order chi connectivity index (χ1) is 11.7. The summed E-state index contributed by atoms with van der Waals surface area (Å²) in [6.45, 7) is 2.55. The molecule has 0 fully saturated rings. The van der Waals surface area contributed by atoms with Crippen LogP contribution in [-0.4, -0.2) is 27.5 Å². The fourth-order valence-corrected chi connectivity index (χ4v) is 2.45. The van der Waals surface area contributed by atoms with Gasteiger partial charge in [-0.1, -0.05) is 18.2 Å². The van der Waals surface area contributed by atoms with Crippen LogP contribution in [0, 0.1) is 5.82 Å². The van der Waals surface area contributed by atoms with Crippen molar-refractivity contribution < 1.29 is 9.50 Å². The number of para-hydroxylation sites is 1. The minimum Gasteiger partial charge on any atom is -0.395 e. The zero-order valence-electron chi connectivity index (χ0n) is 13.5. The molecule has 1 heterocycles. The summed E-state index contributed by atoms with van der Waals surface area (Å²) in [5, 5.41) is 17.1. The van der Waals surface area contributed by atoms with Crippen LogP contribution in [0.25, 0.3) is 16.9 Å². The van der Waals surface area contributed by atoms with Gasteiger partial charge in [-0.05, 0) is 43.3 Å². The van der Waals surface area contributed by atoms with Crippen molar-refractivity contribution in [2.24, 2.45) is 0 Å². The first kappa shape index (κ1) is 16.4. The normalized spacial score (nSPS) is 12.3. The molecule has 1 unspecified atom stereocenters. The van der Waals surface area contributed by atoms with Gasteiger partial charge in [0.1, 0.15) is 5.82 Å². The number of benzene rings is 2. The highest BCUT2D eigenvalue weighted by Gasteiger charge is 2.13. The minimum absolute atomic E-state index is 0.00820. The van der Waals surface area contributed by atoms with Crippen molar-refractivity contribution in [2.75, 3.05) is 6.61 Å². The van der Waals surface area contributed by atoms with Gasteiger partial charge in [0.15, 0.2) is 0 Å². The minimum atomic E-state index is -0.269. The average Bonchev–Trinajstić information content (AvgIpc) is 3.05. The second kappa shape index (κ2) is 7.38. The van der Waals surface area contributed by atoms with Gasteiger partial charge in [-0.2, -0.15) is 5.10 Å². The zero-order chi connectivity index (χ0) is 16.9. The number of aromatic nitrogens is 2. The van der Waals surface area contributed by atoms with Crippen molar-refractivity contribution in [2.45, 2.75) is 19.5 Å². The quantitative estimate of drug-likeness (QED) is 0.732. The summed E-state index contributed by atoms with van der Waals surface area (Å²) in [5.41, 5.74) is 3.61. The van der Waals surface area contributed by atoms with Crippen molar-refractivity contribution in [3.05, 3.63) is 72.2 Å². The maximum absolute atomic E-state index is 13.2. The van der Waals surface area contributed by atoms with E-state index in [1.807, 2.05) is 48.1 Å². The third-order valence-electron chi connectivity index (χ3n) is 3.84. The molecule has 0 radical (unpaired) electrons. The SMILES string of the molecule is CC(CO)NCc1cn(-c2ccccc2)nc1-c1ccc(F)cc1. The molecule has 4 nitrogen and oxygen atoms in total. The number of aliphatic hydroxyl groups is 1. The Morgan fingerprint density at radius 2 is 1.83 bits per heavy atom. The number of rotatable bonds is 6. The second-order valence-corrected chi connectivity index (χ2v) is 5.75. The van der Waals surface area contributed by atoms with Crippen molar-refractivity contribution in [1.29, 1.82) is 0 Å². The van der Waals surface area contributed by atoms with Crippen molar-refractivity contribution >= 4 is 0 Å². The largest absolute Gasteiger partial charge is 0.395 e. The maximum atomic E-state index is 13.2. The van der Waals surface area contributed by atoms with E-state index in [0.717, 1.165) is 22.5 Å². The number of nitrogens with one attached hydrogen (secondary N) is 1. The molecule has 0 bridgehead atoms. The molecule has 2 N–H and O–H groups in total. The topological polar surface area (TPSA) is 50.1 Å². The smallest absolute Gasteiger partial charge is 0.123 e. The van der Waals surface area contributed by atoms with Crippen LogP contribution in [0.15, 0.2) is 60.8 Å². The first-order valence-electron chi connectivity index (χ1n) is 7.91. The summed E-state index contributed by atoms with van der Waals surface area (Å²) < 4.78 is 15.0. The lowest BCUT2D eigenvalue weighted by Gasteiger charge is -2.10. The van der Waals surface area contributed by atoms with Gasteiger partial charge < -0.3 is 10.4 Å². The monoisotopic (exact) mass is 325 g/mol. The maximum Gasteiger partial charge on any atom is 0.123 e. The van der Waals surface area contributed by atoms with Gasteiger partial charge in [0.05, 0.1) is 18.0 Å². The van der Waals surface area contributed by atoms with E-state index in [2.05, 4.69) is 10.4 Å². The van der Waals surface area contributed by atoms with Crippen LogP contribution in [0.4, 0.5) is 4.39 Å². The summed E-state index contributed by atoms with van der Waals surface area (Å²) in [7, 11) is 0. The molecule has 3 aromatic rings. The summed E-state index contributed by atoms with van der Waals surface area (Å²) in [4.78, 5) is 0.